The first-order chi connectivity index (χ1) is 11.1. The van der Waals surface area contributed by atoms with Crippen LogP contribution in [0, 0.1) is 0 Å². The number of carbonyl (C=O) groups is 2. The van der Waals surface area contributed by atoms with E-state index in [9.17, 15) is 9.59 Å². The Morgan fingerprint density at radius 2 is 2.00 bits per heavy atom. The number of amides is 2. The van der Waals surface area contributed by atoms with Gasteiger partial charge in [-0.25, -0.2) is 0 Å². The minimum Gasteiger partial charge on any atom is -0.346 e. The Morgan fingerprint density at radius 3 is 2.61 bits per heavy atom. The predicted molar refractivity (Wildman–Crippen MR) is 90.3 cm³/mol. The van der Waals surface area contributed by atoms with Gasteiger partial charge in [-0.3, -0.25) is 14.5 Å². The van der Waals surface area contributed by atoms with Crippen molar-refractivity contribution in [1.82, 2.24) is 20.4 Å². The Kier molecular flexibility index (Phi) is 5.30. The standard InChI is InChI=1S/C16H24N4O2S/c1-19-5-7-20(8-6-19)14(12-4-9-23-11-12)10-17-15(21)16(22)18-13-2-3-13/h4,9,11,13-14H,2-3,5-8,10H2,1H3,(H,17,21)(H,18,22). The molecule has 1 aliphatic heterocycles. The van der Waals surface area contributed by atoms with Crippen LogP contribution in [-0.4, -0.2) is 67.4 Å². The molecular weight excluding hydrogens is 312 g/mol. The molecule has 6 nitrogen and oxygen atoms in total. The number of hydrogen-bond donors (Lipinski definition) is 2. The van der Waals surface area contributed by atoms with Gasteiger partial charge in [0.1, 0.15) is 0 Å². The first-order valence-electron chi connectivity index (χ1n) is 8.17. The molecule has 1 saturated carbocycles. The molecule has 3 rings (SSSR count). The molecule has 2 N–H and O–H groups in total. The smallest absolute Gasteiger partial charge is 0.309 e. The molecule has 7 heteroatoms. The van der Waals surface area contributed by atoms with Gasteiger partial charge in [-0.05, 0) is 42.3 Å². The van der Waals surface area contributed by atoms with Gasteiger partial charge < -0.3 is 15.5 Å². The molecule has 2 amide bonds. The fourth-order valence-electron chi connectivity index (χ4n) is 2.80. The van der Waals surface area contributed by atoms with E-state index >= 15 is 0 Å². The highest BCUT2D eigenvalue weighted by Crippen LogP contribution is 2.23. The molecule has 126 valence electrons. The molecule has 1 unspecified atom stereocenters. The average molecular weight is 336 g/mol. The third-order valence-electron chi connectivity index (χ3n) is 4.48. The van der Waals surface area contributed by atoms with Crippen LogP contribution in [0.1, 0.15) is 24.4 Å². The Hall–Kier alpha value is -1.44. The zero-order chi connectivity index (χ0) is 16.2. The van der Waals surface area contributed by atoms with E-state index in [0.717, 1.165) is 39.0 Å². The minimum absolute atomic E-state index is 0.132. The van der Waals surface area contributed by atoms with E-state index in [-0.39, 0.29) is 12.1 Å². The number of thiophene rings is 1. The summed E-state index contributed by atoms with van der Waals surface area (Å²) in [6.07, 6.45) is 1.97. The lowest BCUT2D eigenvalue weighted by molar-refractivity contribution is -0.139. The highest BCUT2D eigenvalue weighted by molar-refractivity contribution is 7.07. The van der Waals surface area contributed by atoms with Crippen LogP contribution >= 0.6 is 11.3 Å². The van der Waals surface area contributed by atoms with Crippen molar-refractivity contribution in [1.29, 1.82) is 0 Å². The van der Waals surface area contributed by atoms with E-state index in [1.165, 1.54) is 5.56 Å². The lowest BCUT2D eigenvalue weighted by Gasteiger charge is -2.37. The fourth-order valence-corrected chi connectivity index (χ4v) is 3.51. The van der Waals surface area contributed by atoms with Crippen LogP contribution < -0.4 is 10.6 Å². The molecule has 1 atom stereocenters. The topological polar surface area (TPSA) is 64.7 Å². The molecule has 0 bridgehead atoms. The molecule has 1 aromatic heterocycles. The summed E-state index contributed by atoms with van der Waals surface area (Å²) in [5, 5.41) is 9.72. The number of piperazine rings is 1. The van der Waals surface area contributed by atoms with E-state index in [1.54, 1.807) is 11.3 Å². The van der Waals surface area contributed by atoms with Gasteiger partial charge in [0, 0.05) is 38.8 Å². The Bertz CT molecular complexity index is 536. The highest BCUT2D eigenvalue weighted by atomic mass is 32.1. The van der Waals surface area contributed by atoms with Crippen molar-refractivity contribution in [3.05, 3.63) is 22.4 Å². The van der Waals surface area contributed by atoms with Crippen molar-refractivity contribution in [2.24, 2.45) is 0 Å². The van der Waals surface area contributed by atoms with E-state index < -0.39 is 11.8 Å². The van der Waals surface area contributed by atoms with Gasteiger partial charge in [-0.2, -0.15) is 11.3 Å². The molecule has 1 aromatic rings. The van der Waals surface area contributed by atoms with Crippen LogP contribution in [0.2, 0.25) is 0 Å². The third kappa shape index (κ3) is 4.53. The van der Waals surface area contributed by atoms with Crippen molar-refractivity contribution in [3.8, 4) is 0 Å². The zero-order valence-corrected chi connectivity index (χ0v) is 14.3. The van der Waals surface area contributed by atoms with Gasteiger partial charge in [0.05, 0.1) is 6.04 Å². The molecule has 1 saturated heterocycles. The first kappa shape index (κ1) is 16.4. The van der Waals surface area contributed by atoms with E-state index in [1.807, 2.05) is 0 Å². The van der Waals surface area contributed by atoms with E-state index in [4.69, 9.17) is 0 Å². The Labute approximate surface area is 140 Å². The van der Waals surface area contributed by atoms with Gasteiger partial charge in [0.25, 0.3) is 0 Å². The van der Waals surface area contributed by atoms with E-state index in [2.05, 4.69) is 44.3 Å². The summed E-state index contributed by atoms with van der Waals surface area (Å²) in [4.78, 5) is 28.4. The summed E-state index contributed by atoms with van der Waals surface area (Å²) < 4.78 is 0. The molecule has 2 fully saturated rings. The number of likely N-dealkylation sites (N-methyl/N-ethyl adjacent to an activating group) is 1. The second-order valence-electron chi connectivity index (χ2n) is 6.37. The maximum atomic E-state index is 12.0. The average Bonchev–Trinajstić information content (AvgIpc) is 3.20. The quantitative estimate of drug-likeness (QED) is 0.766. The Balaban J connectivity index is 1.57. The van der Waals surface area contributed by atoms with Crippen LogP contribution in [0.4, 0.5) is 0 Å². The summed E-state index contributed by atoms with van der Waals surface area (Å²) in [6.45, 7) is 4.47. The predicted octanol–water partition coefficient (Wildman–Crippen LogP) is 0.431. The summed E-state index contributed by atoms with van der Waals surface area (Å²) in [6, 6.07) is 2.44. The van der Waals surface area contributed by atoms with Gasteiger partial charge >= 0.3 is 11.8 Å². The number of rotatable bonds is 5. The fraction of sp³-hybridized carbons (Fsp3) is 0.625. The maximum Gasteiger partial charge on any atom is 0.309 e. The second kappa shape index (κ2) is 7.42. The molecule has 1 aliphatic carbocycles. The number of nitrogens with one attached hydrogen (secondary N) is 2. The normalized spacial score (nSPS) is 20.9. The summed E-state index contributed by atoms with van der Waals surface area (Å²) in [5.74, 6) is -1.03. The molecule has 0 radical (unpaired) electrons. The molecule has 2 aliphatic rings. The molecule has 0 aromatic carbocycles. The molecular formula is C16H24N4O2S. The van der Waals surface area contributed by atoms with Gasteiger partial charge in [0.2, 0.25) is 0 Å². The second-order valence-corrected chi connectivity index (χ2v) is 7.15. The SMILES string of the molecule is CN1CCN(C(CNC(=O)C(=O)NC2CC2)c2ccsc2)CC1. The molecule has 23 heavy (non-hydrogen) atoms. The molecule has 2 heterocycles. The zero-order valence-electron chi connectivity index (χ0n) is 13.5. The van der Waals surface area contributed by atoms with E-state index in [0.29, 0.717) is 6.54 Å². The summed E-state index contributed by atoms with van der Waals surface area (Å²) in [7, 11) is 2.13. The van der Waals surface area contributed by atoms with Crippen LogP contribution in [0.15, 0.2) is 16.8 Å². The Morgan fingerprint density at radius 1 is 1.26 bits per heavy atom. The van der Waals surface area contributed by atoms with Crippen molar-refractivity contribution >= 4 is 23.2 Å². The lowest BCUT2D eigenvalue weighted by atomic mass is 10.1. The first-order valence-corrected chi connectivity index (χ1v) is 9.11. The summed E-state index contributed by atoms with van der Waals surface area (Å²) >= 11 is 1.66. The molecule has 0 spiro atoms. The van der Waals surface area contributed by atoms with Crippen LogP contribution in [-0.2, 0) is 9.59 Å². The third-order valence-corrected chi connectivity index (χ3v) is 5.18. The largest absolute Gasteiger partial charge is 0.346 e. The number of carbonyl (C=O) groups excluding carboxylic acids is 2. The van der Waals surface area contributed by atoms with Crippen LogP contribution in [0.3, 0.4) is 0 Å². The maximum absolute atomic E-state index is 12.0. The van der Waals surface area contributed by atoms with Crippen LogP contribution in [0.5, 0.6) is 0 Å². The van der Waals surface area contributed by atoms with Crippen molar-refractivity contribution in [2.45, 2.75) is 24.9 Å². The minimum atomic E-state index is -0.522. The highest BCUT2D eigenvalue weighted by Gasteiger charge is 2.28. The number of nitrogens with zero attached hydrogens (tertiary/aromatic N) is 2. The summed E-state index contributed by atoms with van der Waals surface area (Å²) in [5.41, 5.74) is 1.21. The van der Waals surface area contributed by atoms with Crippen molar-refractivity contribution in [2.75, 3.05) is 39.8 Å². The van der Waals surface area contributed by atoms with Gasteiger partial charge in [-0.1, -0.05) is 0 Å². The van der Waals surface area contributed by atoms with Crippen LogP contribution in [0.25, 0.3) is 0 Å². The lowest BCUT2D eigenvalue weighted by Crippen LogP contribution is -2.49. The van der Waals surface area contributed by atoms with Crippen molar-refractivity contribution < 1.29 is 9.59 Å². The van der Waals surface area contributed by atoms with Crippen molar-refractivity contribution in [3.63, 3.8) is 0 Å². The monoisotopic (exact) mass is 336 g/mol. The van der Waals surface area contributed by atoms with Gasteiger partial charge in [0.15, 0.2) is 0 Å². The number of hydrogen-bond acceptors (Lipinski definition) is 5. The van der Waals surface area contributed by atoms with Gasteiger partial charge in [-0.15, -0.1) is 0 Å².